The van der Waals surface area contributed by atoms with E-state index in [0.717, 1.165) is 4.90 Å². The van der Waals surface area contributed by atoms with Gasteiger partial charge in [-0.05, 0) is 48.1 Å². The molecule has 2 amide bonds. The van der Waals surface area contributed by atoms with E-state index in [1.807, 2.05) is 0 Å². The second-order valence-corrected chi connectivity index (χ2v) is 5.78. The fourth-order valence-electron chi connectivity index (χ4n) is 2.23. The predicted molar refractivity (Wildman–Crippen MR) is 94.1 cm³/mol. The normalized spacial score (nSPS) is 16.5. The molecule has 1 saturated heterocycles. The monoisotopic (exact) mass is 360 g/mol. The van der Waals surface area contributed by atoms with Crippen molar-refractivity contribution < 1.29 is 14.0 Å². The second kappa shape index (κ2) is 6.51. The average molecular weight is 361 g/mol. The zero-order chi connectivity index (χ0) is 17.3. The number of anilines is 1. The standard InChI is InChI=1S/C17H10ClFN2O2S/c18-11-7-5-10(6-8-11)9-12-15(22)20-17(24)21(16(12)23)14-4-2-1-3-13(14)19/h1-9H,(H,20,22,24)/b12-9+. The molecule has 2 aromatic carbocycles. The molecule has 0 aliphatic carbocycles. The van der Waals surface area contributed by atoms with Crippen LogP contribution < -0.4 is 10.2 Å². The molecule has 120 valence electrons. The van der Waals surface area contributed by atoms with Crippen molar-refractivity contribution in [3.8, 4) is 0 Å². The van der Waals surface area contributed by atoms with Gasteiger partial charge < -0.3 is 0 Å². The van der Waals surface area contributed by atoms with Crippen LogP contribution in [-0.2, 0) is 9.59 Å². The predicted octanol–water partition coefficient (Wildman–Crippen LogP) is 3.31. The van der Waals surface area contributed by atoms with Crippen LogP contribution in [0.4, 0.5) is 10.1 Å². The minimum Gasteiger partial charge on any atom is -0.298 e. The number of carbonyl (C=O) groups excluding carboxylic acids is 2. The van der Waals surface area contributed by atoms with E-state index in [-0.39, 0.29) is 16.4 Å². The molecule has 4 nitrogen and oxygen atoms in total. The number of nitrogens with zero attached hydrogens (tertiary/aromatic N) is 1. The summed E-state index contributed by atoms with van der Waals surface area (Å²) in [6.07, 6.45) is 1.41. The summed E-state index contributed by atoms with van der Waals surface area (Å²) >= 11 is 10.8. The maximum absolute atomic E-state index is 14.0. The third kappa shape index (κ3) is 3.06. The van der Waals surface area contributed by atoms with Gasteiger partial charge in [0.2, 0.25) is 0 Å². The highest BCUT2D eigenvalue weighted by Crippen LogP contribution is 2.24. The van der Waals surface area contributed by atoms with Gasteiger partial charge in [-0.2, -0.15) is 0 Å². The minimum atomic E-state index is -0.691. The Labute approximate surface area is 147 Å². The Kier molecular flexibility index (Phi) is 4.42. The van der Waals surface area contributed by atoms with Gasteiger partial charge in [-0.1, -0.05) is 35.9 Å². The fourth-order valence-corrected chi connectivity index (χ4v) is 2.63. The summed E-state index contributed by atoms with van der Waals surface area (Å²) in [6.45, 7) is 0. The van der Waals surface area contributed by atoms with E-state index in [0.29, 0.717) is 10.6 Å². The van der Waals surface area contributed by atoms with Crippen molar-refractivity contribution in [2.75, 3.05) is 4.90 Å². The summed E-state index contributed by atoms with van der Waals surface area (Å²) in [5, 5.41) is 2.77. The number of thiocarbonyl (C=S) groups is 1. The van der Waals surface area contributed by atoms with Crippen molar-refractivity contribution in [2.45, 2.75) is 0 Å². The molecule has 1 fully saturated rings. The number of hydrogen-bond acceptors (Lipinski definition) is 3. The Balaban J connectivity index is 2.03. The van der Waals surface area contributed by atoms with Gasteiger partial charge in [0.25, 0.3) is 11.8 Å². The highest BCUT2D eigenvalue weighted by Gasteiger charge is 2.35. The maximum atomic E-state index is 14.0. The first kappa shape index (κ1) is 16.3. The van der Waals surface area contributed by atoms with Gasteiger partial charge in [-0.25, -0.2) is 9.29 Å². The molecule has 1 heterocycles. The molecule has 7 heteroatoms. The van der Waals surface area contributed by atoms with Crippen LogP contribution in [0.5, 0.6) is 0 Å². The summed E-state index contributed by atoms with van der Waals surface area (Å²) < 4.78 is 14.0. The SMILES string of the molecule is O=C1NC(=S)N(c2ccccc2F)C(=O)/C1=C/c1ccc(Cl)cc1. The van der Waals surface area contributed by atoms with E-state index >= 15 is 0 Å². The molecule has 0 bridgehead atoms. The van der Waals surface area contributed by atoms with Crippen molar-refractivity contribution in [2.24, 2.45) is 0 Å². The van der Waals surface area contributed by atoms with Gasteiger partial charge in [0.05, 0.1) is 5.69 Å². The molecule has 24 heavy (non-hydrogen) atoms. The van der Waals surface area contributed by atoms with Crippen LogP contribution in [-0.4, -0.2) is 16.9 Å². The Hall–Kier alpha value is -2.57. The smallest absolute Gasteiger partial charge is 0.270 e. The second-order valence-electron chi connectivity index (χ2n) is 4.96. The number of amides is 2. The minimum absolute atomic E-state index is 0.0190. The number of hydrogen-bond donors (Lipinski definition) is 1. The first-order valence-electron chi connectivity index (χ1n) is 6.89. The number of rotatable bonds is 2. The van der Waals surface area contributed by atoms with Crippen molar-refractivity contribution >= 4 is 52.5 Å². The Morgan fingerprint density at radius 2 is 1.75 bits per heavy atom. The maximum Gasteiger partial charge on any atom is 0.270 e. The quantitative estimate of drug-likeness (QED) is 0.508. The molecule has 1 N–H and O–H groups in total. The molecular weight excluding hydrogens is 351 g/mol. The van der Waals surface area contributed by atoms with Gasteiger partial charge in [-0.3, -0.25) is 14.9 Å². The molecule has 0 saturated carbocycles. The fraction of sp³-hybridized carbons (Fsp3) is 0. The van der Waals surface area contributed by atoms with Crippen molar-refractivity contribution in [3.63, 3.8) is 0 Å². The largest absolute Gasteiger partial charge is 0.298 e. The lowest BCUT2D eigenvalue weighted by atomic mass is 10.1. The number of para-hydroxylation sites is 1. The molecule has 0 spiro atoms. The lowest BCUT2D eigenvalue weighted by Gasteiger charge is -2.29. The van der Waals surface area contributed by atoms with Crippen LogP contribution in [0, 0.1) is 5.82 Å². The molecule has 0 atom stereocenters. The summed E-state index contributed by atoms with van der Waals surface area (Å²) in [5.41, 5.74) is 0.447. The van der Waals surface area contributed by atoms with E-state index in [9.17, 15) is 14.0 Å². The van der Waals surface area contributed by atoms with E-state index in [1.165, 1.54) is 24.3 Å². The summed E-state index contributed by atoms with van der Waals surface area (Å²) in [4.78, 5) is 25.8. The van der Waals surface area contributed by atoms with Crippen molar-refractivity contribution in [1.29, 1.82) is 0 Å². The van der Waals surface area contributed by atoms with Crippen LogP contribution in [0.1, 0.15) is 5.56 Å². The first-order valence-corrected chi connectivity index (χ1v) is 7.67. The highest BCUT2D eigenvalue weighted by atomic mass is 35.5. The number of benzene rings is 2. The zero-order valence-electron chi connectivity index (χ0n) is 12.1. The topological polar surface area (TPSA) is 49.4 Å². The molecule has 1 aliphatic rings. The molecule has 0 aromatic heterocycles. The summed E-state index contributed by atoms with van der Waals surface area (Å²) in [7, 11) is 0. The number of carbonyl (C=O) groups is 2. The Morgan fingerprint density at radius 3 is 2.42 bits per heavy atom. The van der Waals surface area contributed by atoms with Gasteiger partial charge in [0, 0.05) is 5.02 Å². The van der Waals surface area contributed by atoms with E-state index in [2.05, 4.69) is 5.32 Å². The van der Waals surface area contributed by atoms with E-state index in [1.54, 1.807) is 30.3 Å². The Bertz CT molecular complexity index is 880. The highest BCUT2D eigenvalue weighted by molar-refractivity contribution is 7.80. The molecule has 3 rings (SSSR count). The average Bonchev–Trinajstić information content (AvgIpc) is 2.55. The van der Waals surface area contributed by atoms with Gasteiger partial charge >= 0.3 is 0 Å². The molecule has 2 aromatic rings. The Morgan fingerprint density at radius 1 is 1.08 bits per heavy atom. The lowest BCUT2D eigenvalue weighted by molar-refractivity contribution is -0.122. The molecular formula is C17H10ClFN2O2S. The van der Waals surface area contributed by atoms with Crippen LogP contribution in [0.15, 0.2) is 54.1 Å². The van der Waals surface area contributed by atoms with Gasteiger partial charge in [-0.15, -0.1) is 0 Å². The van der Waals surface area contributed by atoms with E-state index < -0.39 is 17.6 Å². The summed E-state index contributed by atoms with van der Waals surface area (Å²) in [6, 6.07) is 12.3. The lowest BCUT2D eigenvalue weighted by Crippen LogP contribution is -2.54. The molecule has 0 radical (unpaired) electrons. The summed E-state index contributed by atoms with van der Waals surface area (Å²) in [5.74, 6) is -1.94. The van der Waals surface area contributed by atoms with Crippen molar-refractivity contribution in [1.82, 2.24) is 5.32 Å². The zero-order valence-corrected chi connectivity index (χ0v) is 13.7. The van der Waals surface area contributed by atoms with Crippen molar-refractivity contribution in [3.05, 3.63) is 70.5 Å². The molecule has 1 aliphatic heterocycles. The number of halogens is 2. The van der Waals surface area contributed by atoms with Crippen LogP contribution in [0.25, 0.3) is 6.08 Å². The van der Waals surface area contributed by atoms with Crippen LogP contribution >= 0.6 is 23.8 Å². The van der Waals surface area contributed by atoms with Crippen LogP contribution in [0.3, 0.4) is 0 Å². The first-order chi connectivity index (χ1) is 11.5. The van der Waals surface area contributed by atoms with Gasteiger partial charge in [0.1, 0.15) is 11.4 Å². The van der Waals surface area contributed by atoms with Gasteiger partial charge in [0.15, 0.2) is 5.11 Å². The van der Waals surface area contributed by atoms with Crippen LogP contribution in [0.2, 0.25) is 5.02 Å². The molecule has 0 unspecified atom stereocenters. The third-order valence-corrected chi connectivity index (χ3v) is 3.91. The van der Waals surface area contributed by atoms with E-state index in [4.69, 9.17) is 23.8 Å². The third-order valence-electron chi connectivity index (χ3n) is 3.38. The number of nitrogens with one attached hydrogen (secondary N) is 1.